The van der Waals surface area contributed by atoms with Gasteiger partial charge >= 0.3 is 0 Å². The first kappa shape index (κ1) is 17.6. The first-order chi connectivity index (χ1) is 2.00. The molecule has 0 aromatic heterocycles. The van der Waals surface area contributed by atoms with Crippen molar-refractivity contribution >= 4 is 0 Å². The molecule has 0 aliphatic heterocycles. The van der Waals surface area contributed by atoms with Crippen molar-refractivity contribution in [2.45, 2.75) is 0 Å². The van der Waals surface area contributed by atoms with Gasteiger partial charge in [-0.05, 0) is 0 Å². The number of hydrogen-bond acceptors (Lipinski definition) is 4. The van der Waals surface area contributed by atoms with Gasteiger partial charge in [-0.3, -0.25) is 0 Å². The maximum atomic E-state index is 7.75. The summed E-state index contributed by atoms with van der Waals surface area (Å²) in [5.41, 5.74) is 0. The molecule has 4 nitrogen and oxygen atoms in total. The first-order valence-corrected chi connectivity index (χ1v) is 0.471. The monoisotopic (exact) mass is 171 g/mol. The van der Waals surface area contributed by atoms with Crippen molar-refractivity contribution in [3.8, 4) is 0 Å². The third kappa shape index (κ3) is 90.6. The van der Waals surface area contributed by atoms with Gasteiger partial charge in [-0.1, -0.05) is 0 Å². The van der Waals surface area contributed by atoms with E-state index in [0.717, 1.165) is 0 Å². The van der Waals surface area contributed by atoms with Crippen LogP contribution >= 0.6 is 0 Å². The zero-order valence-electron chi connectivity index (χ0n) is 2.27. The summed E-state index contributed by atoms with van der Waals surface area (Å²) in [7, 11) is 0. The molecule has 0 saturated heterocycles. The molecule has 0 heterocycles. The average Bonchev–Trinajstić information content (AvgIpc) is 1.50. The molecule has 0 rings (SSSR count). The van der Waals surface area contributed by atoms with Crippen LogP contribution < -0.4 is 11.8 Å². The van der Waals surface area contributed by atoms with E-state index in [-0.39, 0.29) is 22.4 Å². The molecule has 0 bridgehead atoms. The molecule has 5 heteroatoms. The van der Waals surface area contributed by atoms with Gasteiger partial charge in [0.2, 0.25) is 0 Å². The van der Waals surface area contributed by atoms with Gasteiger partial charge in [0.25, 0.3) is 0 Å². The predicted octanol–water partition coefficient (Wildman–Crippen LogP) is -1.12. The second-order valence-corrected chi connectivity index (χ2v) is 0. The van der Waals surface area contributed by atoms with E-state index in [2.05, 4.69) is 11.8 Å². The molecule has 0 aliphatic carbocycles. The Morgan fingerprint density at radius 3 is 0.800 bits per heavy atom. The van der Waals surface area contributed by atoms with Crippen LogP contribution in [0.3, 0.4) is 0 Å². The van der Waals surface area contributed by atoms with E-state index in [4.69, 9.17) is 10.4 Å². The Kier molecular flexibility index (Phi) is 613. The number of hydrogen-bond donors (Lipinski definition) is 2. The molecular weight excluding hydrogens is 168 g/mol. The van der Waals surface area contributed by atoms with Crippen LogP contribution in [0, 0.1) is 10.4 Å². The van der Waals surface area contributed by atoms with Crippen molar-refractivity contribution in [3.63, 3.8) is 0 Å². The van der Waals surface area contributed by atoms with Gasteiger partial charge in [0.15, 0.2) is 0 Å². The Bertz CT molecular complexity index is 7.61. The van der Waals surface area contributed by atoms with Crippen molar-refractivity contribution in [1.29, 1.82) is 0 Å². The quantitative estimate of drug-likeness (QED) is 0.357. The molecule has 0 amide bonds. The molecule has 0 unspecified atom stereocenters. The molecular formula is H4AgN2O2-2. The van der Waals surface area contributed by atoms with E-state index in [0.29, 0.717) is 0 Å². The van der Waals surface area contributed by atoms with E-state index in [9.17, 15) is 0 Å². The van der Waals surface area contributed by atoms with E-state index in [1.165, 1.54) is 0 Å². The van der Waals surface area contributed by atoms with Crippen LogP contribution in [0.4, 0.5) is 0 Å². The summed E-state index contributed by atoms with van der Waals surface area (Å²) < 4.78 is 0. The molecule has 39 valence electrons. The topological polar surface area (TPSA) is 98.2 Å². The molecule has 0 aromatic rings. The van der Waals surface area contributed by atoms with Gasteiger partial charge in [-0.25, -0.2) is 0 Å². The van der Waals surface area contributed by atoms with Crippen molar-refractivity contribution in [2.75, 3.05) is 0 Å². The van der Waals surface area contributed by atoms with Crippen LogP contribution in [0.25, 0.3) is 0 Å². The third-order valence-electron chi connectivity index (χ3n) is 0. The first-order valence-electron chi connectivity index (χ1n) is 0.471. The maximum Gasteiger partial charge on any atom is 0 e. The Hall–Kier alpha value is 0.580. The second kappa shape index (κ2) is 174. The normalized spacial score (nSPS) is 2.40. The zero-order chi connectivity index (χ0) is 4.00. The van der Waals surface area contributed by atoms with Crippen molar-refractivity contribution in [1.82, 2.24) is 0 Å². The summed E-state index contributed by atoms with van der Waals surface area (Å²) in [6, 6.07) is 0. The van der Waals surface area contributed by atoms with Crippen LogP contribution in [-0.4, -0.2) is 0 Å². The van der Waals surface area contributed by atoms with Crippen molar-refractivity contribution in [3.05, 3.63) is 10.4 Å². The molecule has 0 fully saturated rings. The van der Waals surface area contributed by atoms with Gasteiger partial charge in [0, 0.05) is 22.4 Å². The Morgan fingerprint density at radius 1 is 0.800 bits per heavy atom. The molecule has 0 aliphatic rings. The van der Waals surface area contributed by atoms with E-state index >= 15 is 0 Å². The van der Waals surface area contributed by atoms with Crippen LogP contribution in [0.15, 0.2) is 0 Å². The van der Waals surface area contributed by atoms with Crippen LogP contribution in [0.2, 0.25) is 0 Å². The molecule has 5 heavy (non-hydrogen) atoms. The van der Waals surface area contributed by atoms with Crippen LogP contribution in [0.5, 0.6) is 0 Å². The number of rotatable bonds is 0. The Labute approximate surface area is 45.2 Å². The fraction of sp³-hybridized carbons (Fsp3) is 0. The van der Waals surface area contributed by atoms with Gasteiger partial charge in [0.05, 0.1) is 0 Å². The fourth-order valence-electron chi connectivity index (χ4n) is 0. The van der Waals surface area contributed by atoms with Gasteiger partial charge < -0.3 is 22.2 Å². The summed E-state index contributed by atoms with van der Waals surface area (Å²) in [5, 5.41) is 15.5. The van der Waals surface area contributed by atoms with Crippen molar-refractivity contribution < 1.29 is 22.4 Å². The molecule has 0 atom stereocenters. The summed E-state index contributed by atoms with van der Waals surface area (Å²) >= 11 is 0. The van der Waals surface area contributed by atoms with E-state index < -0.39 is 0 Å². The Morgan fingerprint density at radius 2 is 0.800 bits per heavy atom. The fourth-order valence-corrected chi connectivity index (χ4v) is 0. The Balaban J connectivity index is -0.0000000133. The standard InChI is InChI=1S/Ag.2H2NO/c;2*1-2/h;2*1H2/q;2*-1. The number of nitrogens with two attached hydrogens (primary N) is 2. The minimum absolute atomic E-state index is 0. The average molecular weight is 172 g/mol. The molecule has 0 spiro atoms. The zero-order valence-corrected chi connectivity index (χ0v) is 3.75. The smallest absolute Gasteiger partial charge is 0 e. The minimum Gasteiger partial charge on any atom is -0.790 e. The van der Waals surface area contributed by atoms with Crippen molar-refractivity contribution in [2.24, 2.45) is 11.8 Å². The maximum absolute atomic E-state index is 7.75. The van der Waals surface area contributed by atoms with Gasteiger partial charge in [0.1, 0.15) is 0 Å². The SMILES string of the molecule is N[O-].N[O-].[Ag]. The largest absolute Gasteiger partial charge is 0.790 e. The molecule has 1 radical (unpaired) electrons. The van der Waals surface area contributed by atoms with E-state index in [1.807, 2.05) is 0 Å². The van der Waals surface area contributed by atoms with E-state index in [1.54, 1.807) is 0 Å². The van der Waals surface area contributed by atoms with Crippen LogP contribution in [0.1, 0.15) is 0 Å². The summed E-state index contributed by atoms with van der Waals surface area (Å²) in [5.74, 6) is 6.50. The minimum atomic E-state index is 0. The predicted molar refractivity (Wildman–Crippen MR) is 15.1 cm³/mol. The van der Waals surface area contributed by atoms with Gasteiger partial charge in [-0.15, -0.1) is 0 Å². The molecule has 0 aromatic carbocycles. The summed E-state index contributed by atoms with van der Waals surface area (Å²) in [4.78, 5) is 0. The molecule has 4 N–H and O–H groups in total. The third-order valence-corrected chi connectivity index (χ3v) is 0. The molecule has 0 saturated carbocycles. The summed E-state index contributed by atoms with van der Waals surface area (Å²) in [6.45, 7) is 0. The summed E-state index contributed by atoms with van der Waals surface area (Å²) in [6.07, 6.45) is 0. The van der Waals surface area contributed by atoms with Crippen LogP contribution in [-0.2, 0) is 22.4 Å². The van der Waals surface area contributed by atoms with Gasteiger partial charge in [-0.2, -0.15) is 0 Å². The second-order valence-electron chi connectivity index (χ2n) is 0.